The zero-order chi connectivity index (χ0) is 14.9. The summed E-state index contributed by atoms with van der Waals surface area (Å²) in [5.41, 5.74) is 3.73. The zero-order valence-corrected chi connectivity index (χ0v) is 12.9. The lowest BCUT2D eigenvalue weighted by molar-refractivity contribution is 0.150. The van der Waals surface area contributed by atoms with E-state index in [0.29, 0.717) is 6.42 Å². The first kappa shape index (κ1) is 14.0. The van der Waals surface area contributed by atoms with Crippen molar-refractivity contribution in [2.45, 2.75) is 57.2 Å². The molecule has 1 fully saturated rings. The van der Waals surface area contributed by atoms with E-state index in [1.807, 2.05) is 12.5 Å². The van der Waals surface area contributed by atoms with Gasteiger partial charge in [-0.2, -0.15) is 0 Å². The third-order valence-electron chi connectivity index (χ3n) is 5.47. The van der Waals surface area contributed by atoms with Crippen LogP contribution in [0.15, 0.2) is 36.8 Å². The van der Waals surface area contributed by atoms with Gasteiger partial charge in [0.15, 0.2) is 0 Å². The number of benzene rings is 1. The van der Waals surface area contributed by atoms with Gasteiger partial charge in [0.05, 0.1) is 18.2 Å². The summed E-state index contributed by atoms with van der Waals surface area (Å²) in [4.78, 5) is 4.31. The topological polar surface area (TPSA) is 17.8 Å². The van der Waals surface area contributed by atoms with Crippen LogP contribution in [0.1, 0.15) is 50.1 Å². The van der Waals surface area contributed by atoms with Gasteiger partial charge in [-0.1, -0.05) is 43.5 Å². The third-order valence-corrected chi connectivity index (χ3v) is 5.47. The van der Waals surface area contributed by atoms with E-state index in [0.717, 1.165) is 25.0 Å². The number of fused-ring (bicyclic) bond motifs is 3. The Morgan fingerprint density at radius 3 is 2.86 bits per heavy atom. The summed E-state index contributed by atoms with van der Waals surface area (Å²) in [6.07, 6.45) is 10.5. The summed E-state index contributed by atoms with van der Waals surface area (Å²) < 4.78 is 17.0. The molecule has 116 valence electrons. The van der Waals surface area contributed by atoms with Gasteiger partial charge in [0.2, 0.25) is 0 Å². The van der Waals surface area contributed by atoms with Gasteiger partial charge in [-0.15, -0.1) is 0 Å². The predicted molar refractivity (Wildman–Crippen MR) is 86.5 cm³/mol. The maximum atomic E-state index is 14.8. The Hall–Kier alpha value is -1.64. The van der Waals surface area contributed by atoms with Crippen molar-refractivity contribution in [1.29, 1.82) is 0 Å². The standard InChI is InChI=1S/C19H23FN2/c20-18(14-6-2-1-3-7-14)11-16-10-15-8-4-5-9-17(15)19-12-21-13-22(16)19/h4-5,8-9,12-14,16,18H,1-3,6-7,10-11H2/t16?,18-/m1/s1. The predicted octanol–water partition coefficient (Wildman–Crippen LogP) is 4.96. The molecule has 0 amide bonds. The lowest BCUT2D eigenvalue weighted by Gasteiger charge is -2.32. The van der Waals surface area contributed by atoms with E-state index in [4.69, 9.17) is 0 Å². The fourth-order valence-corrected chi connectivity index (χ4v) is 4.25. The molecule has 0 radical (unpaired) electrons. The molecule has 0 spiro atoms. The number of halogens is 1. The Bertz CT molecular complexity index is 642. The van der Waals surface area contributed by atoms with Crippen molar-refractivity contribution in [2.75, 3.05) is 0 Å². The summed E-state index contributed by atoms with van der Waals surface area (Å²) in [6.45, 7) is 0. The van der Waals surface area contributed by atoms with Crippen LogP contribution in [0.4, 0.5) is 4.39 Å². The highest BCUT2D eigenvalue weighted by molar-refractivity contribution is 5.65. The van der Waals surface area contributed by atoms with E-state index in [2.05, 4.69) is 33.8 Å². The molecule has 4 rings (SSSR count). The molecule has 1 aliphatic carbocycles. The number of imidazole rings is 1. The summed E-state index contributed by atoms with van der Waals surface area (Å²) in [7, 11) is 0. The van der Waals surface area contributed by atoms with Crippen LogP contribution in [0.25, 0.3) is 11.3 Å². The molecule has 2 nitrogen and oxygen atoms in total. The summed E-state index contributed by atoms with van der Waals surface area (Å²) >= 11 is 0. The lowest BCUT2D eigenvalue weighted by Crippen LogP contribution is -2.26. The molecule has 2 atom stereocenters. The maximum absolute atomic E-state index is 14.8. The van der Waals surface area contributed by atoms with Crippen LogP contribution in [0.3, 0.4) is 0 Å². The summed E-state index contributed by atoms with van der Waals surface area (Å²) in [5, 5.41) is 0. The molecular weight excluding hydrogens is 275 g/mol. The maximum Gasteiger partial charge on any atom is 0.105 e. The van der Waals surface area contributed by atoms with Gasteiger partial charge in [0.1, 0.15) is 6.17 Å². The van der Waals surface area contributed by atoms with E-state index in [1.54, 1.807) is 0 Å². The first-order valence-electron chi connectivity index (χ1n) is 8.57. The molecule has 3 heteroatoms. The SMILES string of the molecule is F[C@H](CC1Cc2ccccc2-c2cncn21)C1CCCCC1. The van der Waals surface area contributed by atoms with Crippen LogP contribution in [0.2, 0.25) is 0 Å². The molecule has 0 saturated heterocycles. The van der Waals surface area contributed by atoms with Crippen LogP contribution in [-0.2, 0) is 6.42 Å². The average Bonchev–Trinajstić information content (AvgIpc) is 3.06. The first-order valence-corrected chi connectivity index (χ1v) is 8.57. The number of hydrogen-bond acceptors (Lipinski definition) is 1. The van der Waals surface area contributed by atoms with Crippen LogP contribution >= 0.6 is 0 Å². The van der Waals surface area contributed by atoms with Gasteiger partial charge in [-0.25, -0.2) is 9.37 Å². The van der Waals surface area contributed by atoms with Crippen molar-refractivity contribution in [2.24, 2.45) is 5.92 Å². The van der Waals surface area contributed by atoms with Gasteiger partial charge in [0, 0.05) is 11.6 Å². The largest absolute Gasteiger partial charge is 0.327 e. The second-order valence-corrected chi connectivity index (χ2v) is 6.85. The highest BCUT2D eigenvalue weighted by Gasteiger charge is 2.30. The van der Waals surface area contributed by atoms with Crippen molar-refractivity contribution < 1.29 is 4.39 Å². The lowest BCUT2D eigenvalue weighted by atomic mass is 9.82. The van der Waals surface area contributed by atoms with Crippen molar-refractivity contribution in [3.63, 3.8) is 0 Å². The molecule has 1 aliphatic heterocycles. The van der Waals surface area contributed by atoms with E-state index >= 15 is 0 Å². The van der Waals surface area contributed by atoms with Crippen molar-refractivity contribution in [1.82, 2.24) is 9.55 Å². The molecule has 1 unspecified atom stereocenters. The molecule has 1 saturated carbocycles. The van der Waals surface area contributed by atoms with E-state index in [1.165, 1.54) is 30.4 Å². The Balaban J connectivity index is 1.56. The zero-order valence-electron chi connectivity index (χ0n) is 12.9. The number of rotatable bonds is 3. The highest BCUT2D eigenvalue weighted by Crippen LogP contribution is 2.39. The number of aromatic nitrogens is 2. The van der Waals surface area contributed by atoms with Gasteiger partial charge < -0.3 is 4.57 Å². The summed E-state index contributed by atoms with van der Waals surface area (Å²) in [5.74, 6) is 0.276. The molecular formula is C19H23FN2. The van der Waals surface area contributed by atoms with Crippen LogP contribution in [0, 0.1) is 5.92 Å². The van der Waals surface area contributed by atoms with Gasteiger partial charge >= 0.3 is 0 Å². The fraction of sp³-hybridized carbons (Fsp3) is 0.526. The Labute approximate surface area is 131 Å². The fourth-order valence-electron chi connectivity index (χ4n) is 4.25. The quantitative estimate of drug-likeness (QED) is 0.783. The van der Waals surface area contributed by atoms with Crippen molar-refractivity contribution in [3.8, 4) is 11.3 Å². The Morgan fingerprint density at radius 1 is 1.18 bits per heavy atom. The molecule has 2 heterocycles. The monoisotopic (exact) mass is 298 g/mol. The minimum atomic E-state index is -0.675. The third kappa shape index (κ3) is 2.47. The molecule has 0 N–H and O–H groups in total. The van der Waals surface area contributed by atoms with Crippen molar-refractivity contribution in [3.05, 3.63) is 42.4 Å². The number of nitrogens with zero attached hydrogens (tertiary/aromatic N) is 2. The van der Waals surface area contributed by atoms with Gasteiger partial charge in [-0.3, -0.25) is 0 Å². The minimum Gasteiger partial charge on any atom is -0.327 e. The molecule has 2 aromatic rings. The molecule has 0 bridgehead atoms. The number of hydrogen-bond donors (Lipinski definition) is 0. The molecule has 1 aromatic carbocycles. The average molecular weight is 298 g/mol. The highest BCUT2D eigenvalue weighted by atomic mass is 19.1. The molecule has 22 heavy (non-hydrogen) atoms. The Morgan fingerprint density at radius 2 is 2.00 bits per heavy atom. The molecule has 2 aliphatic rings. The number of alkyl halides is 1. The first-order chi connectivity index (χ1) is 10.8. The van der Waals surface area contributed by atoms with Crippen LogP contribution in [-0.4, -0.2) is 15.7 Å². The van der Waals surface area contributed by atoms with Gasteiger partial charge in [0.25, 0.3) is 0 Å². The second kappa shape index (κ2) is 5.86. The minimum absolute atomic E-state index is 0.212. The van der Waals surface area contributed by atoms with E-state index < -0.39 is 6.17 Å². The molecule has 1 aromatic heterocycles. The second-order valence-electron chi connectivity index (χ2n) is 6.85. The Kier molecular flexibility index (Phi) is 3.73. The van der Waals surface area contributed by atoms with Crippen LogP contribution < -0.4 is 0 Å². The normalized spacial score (nSPS) is 22.9. The van der Waals surface area contributed by atoms with Crippen LogP contribution in [0.5, 0.6) is 0 Å². The summed E-state index contributed by atoms with van der Waals surface area (Å²) in [6, 6.07) is 8.68. The smallest absolute Gasteiger partial charge is 0.105 e. The van der Waals surface area contributed by atoms with E-state index in [9.17, 15) is 4.39 Å². The van der Waals surface area contributed by atoms with E-state index in [-0.39, 0.29) is 12.0 Å². The van der Waals surface area contributed by atoms with Crippen molar-refractivity contribution >= 4 is 0 Å². The van der Waals surface area contributed by atoms with Gasteiger partial charge in [-0.05, 0) is 37.2 Å².